The summed E-state index contributed by atoms with van der Waals surface area (Å²) in [5.74, 6) is -0.0198. The molecule has 1 amide bonds. The molecular weight excluding hydrogens is 322 g/mol. The molecule has 4 atom stereocenters. The van der Waals surface area contributed by atoms with E-state index in [9.17, 15) is 9.90 Å². The van der Waals surface area contributed by atoms with Crippen LogP contribution in [0.4, 0.5) is 0 Å². The van der Waals surface area contributed by atoms with Crippen LogP contribution in [0, 0.1) is 5.41 Å². The molecule has 0 spiro atoms. The zero-order valence-corrected chi connectivity index (χ0v) is 16.0. The lowest BCUT2D eigenvalue weighted by atomic mass is 9.67. The maximum atomic E-state index is 12.5. The Balaban J connectivity index is 1.75. The number of carbonyl (C=O) groups is 1. The Hall–Kier alpha value is -0.980. The molecule has 0 radical (unpaired) electrons. The van der Waals surface area contributed by atoms with Gasteiger partial charge in [-0.15, -0.1) is 11.3 Å². The topological polar surface area (TPSA) is 56.7 Å². The lowest BCUT2D eigenvalue weighted by molar-refractivity contribution is -0.0754. The second-order valence-corrected chi connectivity index (χ2v) is 8.75. The van der Waals surface area contributed by atoms with Gasteiger partial charge in [-0.05, 0) is 33.2 Å². The van der Waals surface area contributed by atoms with E-state index in [4.69, 9.17) is 0 Å². The molecule has 2 fully saturated rings. The average Bonchev–Trinajstić information content (AvgIpc) is 3.10. The van der Waals surface area contributed by atoms with E-state index >= 15 is 0 Å². The van der Waals surface area contributed by atoms with Crippen LogP contribution in [0.1, 0.15) is 56.4 Å². The molecule has 134 valence electrons. The Morgan fingerprint density at radius 3 is 2.92 bits per heavy atom. The van der Waals surface area contributed by atoms with E-state index in [-0.39, 0.29) is 17.4 Å². The lowest BCUT2D eigenvalue weighted by Crippen LogP contribution is -2.50. The fraction of sp³-hybridized carbons (Fsp3) is 0.778. The number of carbonyl (C=O) groups excluding carboxylic acids is 1. The van der Waals surface area contributed by atoms with Crippen LogP contribution in [0.2, 0.25) is 0 Å². The summed E-state index contributed by atoms with van der Waals surface area (Å²) in [4.78, 5) is 20.8. The third kappa shape index (κ3) is 2.89. The molecule has 1 aliphatic heterocycles. The molecule has 0 unspecified atom stereocenters. The summed E-state index contributed by atoms with van der Waals surface area (Å²) in [5, 5.41) is 12.9. The van der Waals surface area contributed by atoms with Crippen molar-refractivity contribution in [2.45, 2.75) is 63.6 Å². The summed E-state index contributed by atoms with van der Waals surface area (Å²) in [6, 6.07) is 0.653. The first-order chi connectivity index (χ1) is 11.3. The molecule has 2 aliphatic rings. The van der Waals surface area contributed by atoms with Crippen LogP contribution < -0.4 is 0 Å². The zero-order chi connectivity index (χ0) is 17.5. The Kier molecular flexibility index (Phi) is 4.75. The van der Waals surface area contributed by atoms with Crippen molar-refractivity contribution in [2.24, 2.45) is 5.41 Å². The smallest absolute Gasteiger partial charge is 0.273 e. The average molecular weight is 352 g/mol. The van der Waals surface area contributed by atoms with Crippen molar-refractivity contribution in [3.05, 3.63) is 16.6 Å². The number of aromatic nitrogens is 1. The Labute approximate surface area is 148 Å². The van der Waals surface area contributed by atoms with Crippen LogP contribution >= 0.6 is 11.3 Å². The maximum absolute atomic E-state index is 12.5. The van der Waals surface area contributed by atoms with Crippen molar-refractivity contribution in [3.63, 3.8) is 0 Å². The van der Waals surface area contributed by atoms with Crippen LogP contribution in [-0.4, -0.2) is 64.1 Å². The van der Waals surface area contributed by atoms with Crippen molar-refractivity contribution in [3.8, 4) is 0 Å². The van der Waals surface area contributed by atoms with Crippen LogP contribution in [0.3, 0.4) is 0 Å². The van der Waals surface area contributed by atoms with Gasteiger partial charge in [-0.2, -0.15) is 0 Å². The monoisotopic (exact) mass is 351 g/mol. The van der Waals surface area contributed by atoms with Gasteiger partial charge in [-0.3, -0.25) is 9.69 Å². The Bertz CT molecular complexity index is 589. The predicted molar refractivity (Wildman–Crippen MR) is 96.2 cm³/mol. The van der Waals surface area contributed by atoms with Crippen LogP contribution in [-0.2, 0) is 0 Å². The summed E-state index contributed by atoms with van der Waals surface area (Å²) >= 11 is 1.44. The van der Waals surface area contributed by atoms with Crippen molar-refractivity contribution in [2.75, 3.05) is 20.6 Å². The number of likely N-dealkylation sites (N-methyl/N-ethyl adjacent to an activating group) is 2. The van der Waals surface area contributed by atoms with Crippen molar-refractivity contribution < 1.29 is 9.90 Å². The van der Waals surface area contributed by atoms with Gasteiger partial charge in [0.05, 0.1) is 11.1 Å². The van der Waals surface area contributed by atoms with E-state index in [1.165, 1.54) is 17.8 Å². The van der Waals surface area contributed by atoms with E-state index in [0.29, 0.717) is 18.3 Å². The highest BCUT2D eigenvalue weighted by Gasteiger charge is 2.57. The molecule has 0 aromatic carbocycles. The first-order valence-corrected chi connectivity index (χ1v) is 9.78. The summed E-state index contributed by atoms with van der Waals surface area (Å²) in [5.41, 5.74) is 1.46. The lowest BCUT2D eigenvalue weighted by Gasteiger charge is -2.43. The normalized spacial score (nSPS) is 37.0. The number of rotatable bonds is 3. The molecule has 1 N–H and O–H groups in total. The van der Waals surface area contributed by atoms with Crippen molar-refractivity contribution in [1.82, 2.24) is 14.8 Å². The molecule has 1 aromatic rings. The fourth-order valence-electron chi connectivity index (χ4n) is 4.77. The van der Waals surface area contributed by atoms with Gasteiger partial charge in [0.25, 0.3) is 5.91 Å². The molecule has 1 saturated heterocycles. The third-order valence-electron chi connectivity index (χ3n) is 6.57. The molecule has 24 heavy (non-hydrogen) atoms. The molecule has 1 saturated carbocycles. The fourth-order valence-corrected chi connectivity index (χ4v) is 5.30. The molecule has 0 bridgehead atoms. The summed E-state index contributed by atoms with van der Waals surface area (Å²) in [6.45, 7) is 4.92. The first kappa shape index (κ1) is 17.8. The molecule has 1 aliphatic carbocycles. The van der Waals surface area contributed by atoms with E-state index in [2.05, 4.69) is 23.9 Å². The number of likely N-dealkylation sites (tertiary alicyclic amines) is 1. The Morgan fingerprint density at radius 1 is 1.50 bits per heavy atom. The van der Waals surface area contributed by atoms with Gasteiger partial charge in [0, 0.05) is 36.5 Å². The van der Waals surface area contributed by atoms with Crippen LogP contribution in [0.15, 0.2) is 10.9 Å². The van der Waals surface area contributed by atoms with E-state index in [1.54, 1.807) is 15.8 Å². The molecule has 2 heterocycles. The first-order valence-electron chi connectivity index (χ1n) is 8.84. The highest BCUT2D eigenvalue weighted by atomic mass is 32.1. The summed E-state index contributed by atoms with van der Waals surface area (Å²) in [6.07, 6.45) is 5.19. The highest BCUT2D eigenvalue weighted by molar-refractivity contribution is 7.07. The number of amides is 1. The second kappa shape index (κ2) is 6.39. The highest BCUT2D eigenvalue weighted by Crippen LogP contribution is 2.52. The second-order valence-electron chi connectivity index (χ2n) is 8.04. The molecule has 1 aromatic heterocycles. The third-order valence-corrected chi connectivity index (χ3v) is 7.15. The quantitative estimate of drug-likeness (QED) is 0.909. The number of hydrogen-bond acceptors (Lipinski definition) is 5. The van der Waals surface area contributed by atoms with Crippen LogP contribution in [0.25, 0.3) is 0 Å². The number of thiazole rings is 1. The Morgan fingerprint density at radius 2 is 2.25 bits per heavy atom. The largest absolute Gasteiger partial charge is 0.390 e. The minimum atomic E-state index is -0.644. The molecule has 6 heteroatoms. The van der Waals surface area contributed by atoms with Crippen molar-refractivity contribution >= 4 is 17.2 Å². The van der Waals surface area contributed by atoms with E-state index in [0.717, 1.165) is 25.7 Å². The van der Waals surface area contributed by atoms with Gasteiger partial charge in [0.15, 0.2) is 0 Å². The minimum Gasteiger partial charge on any atom is -0.390 e. The molecule has 5 nitrogen and oxygen atoms in total. The summed E-state index contributed by atoms with van der Waals surface area (Å²) in [7, 11) is 4.01. The van der Waals surface area contributed by atoms with Gasteiger partial charge in [0.1, 0.15) is 5.69 Å². The predicted octanol–water partition coefficient (Wildman–Crippen LogP) is 2.62. The maximum Gasteiger partial charge on any atom is 0.273 e. The zero-order valence-electron chi connectivity index (χ0n) is 15.2. The van der Waals surface area contributed by atoms with Gasteiger partial charge >= 0.3 is 0 Å². The van der Waals surface area contributed by atoms with Crippen molar-refractivity contribution in [1.29, 1.82) is 0 Å². The molecule has 3 rings (SSSR count). The summed E-state index contributed by atoms with van der Waals surface area (Å²) < 4.78 is 0. The number of fused-ring (bicyclic) bond motifs is 1. The molecular formula is C18H29N3O2S. The van der Waals surface area contributed by atoms with Crippen LogP contribution in [0.5, 0.6) is 0 Å². The number of aliphatic hydroxyl groups is 1. The number of nitrogens with zero attached hydrogens (tertiary/aromatic N) is 3. The van der Waals surface area contributed by atoms with E-state index in [1.807, 2.05) is 14.0 Å². The minimum absolute atomic E-state index is 0.0198. The standard InChI is InChI=1S/C18H29N3O2S/c1-17-9-13(10-20(3)16(22)14-11-24-12-19-14)21(4)15(17)7-5-6-8-18(17,2)23/h11-13,15,23H,5-10H2,1-4H3/t13-,15-,17-,18+/m1/s1. The van der Waals surface area contributed by atoms with E-state index < -0.39 is 5.60 Å². The van der Waals surface area contributed by atoms with Gasteiger partial charge in [0.2, 0.25) is 0 Å². The SMILES string of the molecule is CN(C[C@H]1C[C@]2(C)[C@@H](CCCC[C@]2(C)O)N1C)C(=O)c1cscn1. The van der Waals surface area contributed by atoms with Gasteiger partial charge < -0.3 is 10.0 Å². The van der Waals surface area contributed by atoms with Gasteiger partial charge in [-0.1, -0.05) is 19.8 Å². The number of hydrogen-bond donors (Lipinski definition) is 1. The van der Waals surface area contributed by atoms with Gasteiger partial charge in [-0.25, -0.2) is 4.98 Å².